The van der Waals surface area contributed by atoms with Crippen LogP contribution in [0.2, 0.25) is 0 Å². The Balaban J connectivity index is 1.68. The van der Waals surface area contributed by atoms with Crippen LogP contribution in [0.15, 0.2) is 67.0 Å². The summed E-state index contributed by atoms with van der Waals surface area (Å²) in [7, 11) is 3.11. The highest BCUT2D eigenvalue weighted by Crippen LogP contribution is 2.35. The Hall–Kier alpha value is -4.00. The average Bonchev–Trinajstić information content (AvgIpc) is 3.12. The number of urea groups is 1. The molecule has 0 radical (unpaired) electrons. The highest BCUT2D eigenvalue weighted by atomic mass is 16.5. The standard InChI is InChI=1S/C22H20N4O3/c1-28-15-9-10-19(29-2)18(12-15)25-22(27)26-21-16-7-3-4-8-17(16)24-20(21)14-6-5-11-23-13-14/h3-13,24H,1-2H3,(H2,25,26,27). The lowest BCUT2D eigenvalue weighted by molar-refractivity contribution is 0.262. The van der Waals surface area contributed by atoms with Crippen molar-refractivity contribution in [1.82, 2.24) is 9.97 Å². The summed E-state index contributed by atoms with van der Waals surface area (Å²) in [6.45, 7) is 0. The number of H-pyrrole nitrogens is 1. The van der Waals surface area contributed by atoms with E-state index in [9.17, 15) is 4.79 Å². The molecule has 7 nitrogen and oxygen atoms in total. The van der Waals surface area contributed by atoms with Crippen LogP contribution < -0.4 is 20.1 Å². The number of ether oxygens (including phenoxy) is 2. The van der Waals surface area contributed by atoms with E-state index in [4.69, 9.17) is 9.47 Å². The predicted molar refractivity (Wildman–Crippen MR) is 114 cm³/mol. The van der Waals surface area contributed by atoms with Crippen molar-refractivity contribution in [2.45, 2.75) is 0 Å². The molecule has 0 spiro atoms. The second-order valence-electron chi connectivity index (χ2n) is 6.31. The molecule has 0 fully saturated rings. The number of benzene rings is 2. The summed E-state index contributed by atoms with van der Waals surface area (Å²) >= 11 is 0. The van der Waals surface area contributed by atoms with Gasteiger partial charge in [-0.1, -0.05) is 18.2 Å². The monoisotopic (exact) mass is 388 g/mol. The number of hydrogen-bond donors (Lipinski definition) is 3. The van der Waals surface area contributed by atoms with Crippen molar-refractivity contribution in [2.75, 3.05) is 24.9 Å². The van der Waals surface area contributed by atoms with Gasteiger partial charge in [0.05, 0.1) is 31.3 Å². The van der Waals surface area contributed by atoms with Crippen molar-refractivity contribution in [1.29, 1.82) is 0 Å². The lowest BCUT2D eigenvalue weighted by Gasteiger charge is -2.13. The molecule has 29 heavy (non-hydrogen) atoms. The third kappa shape index (κ3) is 3.70. The van der Waals surface area contributed by atoms with Crippen molar-refractivity contribution in [3.8, 4) is 22.8 Å². The Morgan fingerprint density at radius 2 is 1.86 bits per heavy atom. The van der Waals surface area contributed by atoms with Crippen LogP contribution in [0.4, 0.5) is 16.2 Å². The highest BCUT2D eigenvalue weighted by Gasteiger charge is 2.17. The Labute approximate surface area is 167 Å². The number of anilines is 2. The first-order valence-electron chi connectivity index (χ1n) is 9.00. The number of pyridine rings is 1. The molecule has 0 aliphatic rings. The Kier molecular flexibility index (Phi) is 5.03. The molecule has 2 aromatic heterocycles. The average molecular weight is 388 g/mol. The van der Waals surface area contributed by atoms with Crippen molar-refractivity contribution >= 4 is 28.3 Å². The molecular formula is C22H20N4O3. The van der Waals surface area contributed by atoms with Crippen LogP contribution in [0.1, 0.15) is 0 Å². The van der Waals surface area contributed by atoms with Crippen molar-refractivity contribution in [3.63, 3.8) is 0 Å². The molecular weight excluding hydrogens is 368 g/mol. The molecule has 146 valence electrons. The number of methoxy groups -OCH3 is 2. The molecule has 2 heterocycles. The summed E-state index contributed by atoms with van der Waals surface area (Å²) in [6, 6.07) is 16.4. The molecule has 0 unspecified atom stereocenters. The van der Waals surface area contributed by atoms with Gasteiger partial charge in [-0.3, -0.25) is 4.98 Å². The zero-order valence-corrected chi connectivity index (χ0v) is 16.0. The van der Waals surface area contributed by atoms with E-state index in [-0.39, 0.29) is 0 Å². The van der Waals surface area contributed by atoms with Gasteiger partial charge in [-0.25, -0.2) is 4.79 Å². The first-order chi connectivity index (χ1) is 14.2. The summed E-state index contributed by atoms with van der Waals surface area (Å²) < 4.78 is 10.6. The summed E-state index contributed by atoms with van der Waals surface area (Å²) in [6.07, 6.45) is 3.46. The number of fused-ring (bicyclic) bond motifs is 1. The number of rotatable bonds is 5. The zero-order chi connectivity index (χ0) is 20.2. The normalized spacial score (nSPS) is 10.6. The van der Waals surface area contributed by atoms with Crippen LogP contribution in [0.25, 0.3) is 22.2 Å². The topological polar surface area (TPSA) is 88.3 Å². The zero-order valence-electron chi connectivity index (χ0n) is 16.0. The summed E-state index contributed by atoms with van der Waals surface area (Å²) in [5, 5.41) is 6.70. The minimum atomic E-state index is -0.397. The third-order valence-corrected chi connectivity index (χ3v) is 4.55. The number of amides is 2. The lowest BCUT2D eigenvalue weighted by Crippen LogP contribution is -2.20. The molecule has 0 saturated carbocycles. The summed E-state index contributed by atoms with van der Waals surface area (Å²) in [4.78, 5) is 20.4. The van der Waals surface area contributed by atoms with Crippen LogP contribution in [-0.4, -0.2) is 30.2 Å². The molecule has 0 atom stereocenters. The summed E-state index contributed by atoms with van der Waals surface area (Å²) in [5.41, 5.74) is 3.76. The van der Waals surface area contributed by atoms with Gasteiger partial charge in [-0.15, -0.1) is 0 Å². The fourth-order valence-corrected chi connectivity index (χ4v) is 3.18. The molecule has 2 aromatic carbocycles. The molecule has 4 rings (SSSR count). The number of hydrogen-bond acceptors (Lipinski definition) is 4. The van der Waals surface area contributed by atoms with Crippen LogP contribution in [0.3, 0.4) is 0 Å². The van der Waals surface area contributed by atoms with E-state index in [0.717, 1.165) is 22.2 Å². The predicted octanol–water partition coefficient (Wildman–Crippen LogP) is 4.89. The number of aromatic nitrogens is 2. The first-order valence-corrected chi connectivity index (χ1v) is 9.00. The van der Waals surface area contributed by atoms with Gasteiger partial charge in [0, 0.05) is 34.9 Å². The number of nitrogens with one attached hydrogen (secondary N) is 3. The van der Waals surface area contributed by atoms with Gasteiger partial charge in [-0.2, -0.15) is 0 Å². The van der Waals surface area contributed by atoms with E-state index in [1.165, 1.54) is 0 Å². The van der Waals surface area contributed by atoms with Crippen LogP contribution in [-0.2, 0) is 0 Å². The lowest BCUT2D eigenvalue weighted by atomic mass is 10.1. The van der Waals surface area contributed by atoms with Crippen LogP contribution >= 0.6 is 0 Å². The van der Waals surface area contributed by atoms with E-state index in [1.54, 1.807) is 44.8 Å². The van der Waals surface area contributed by atoms with Crippen LogP contribution in [0, 0.1) is 0 Å². The Morgan fingerprint density at radius 3 is 2.62 bits per heavy atom. The quantitative estimate of drug-likeness (QED) is 0.454. The van der Waals surface area contributed by atoms with Gasteiger partial charge in [0.25, 0.3) is 0 Å². The Morgan fingerprint density at radius 1 is 1.00 bits per heavy atom. The molecule has 2 amide bonds. The number of para-hydroxylation sites is 1. The molecule has 7 heteroatoms. The van der Waals surface area contributed by atoms with Gasteiger partial charge >= 0.3 is 6.03 Å². The van der Waals surface area contributed by atoms with Crippen molar-refractivity contribution < 1.29 is 14.3 Å². The second-order valence-corrected chi connectivity index (χ2v) is 6.31. The third-order valence-electron chi connectivity index (χ3n) is 4.55. The minimum Gasteiger partial charge on any atom is -0.497 e. The number of carbonyl (C=O) groups is 1. The molecule has 0 bridgehead atoms. The summed E-state index contributed by atoms with van der Waals surface area (Å²) in [5.74, 6) is 1.15. The van der Waals surface area contributed by atoms with Crippen molar-refractivity contribution in [3.05, 3.63) is 67.0 Å². The maximum Gasteiger partial charge on any atom is 0.323 e. The van der Waals surface area contributed by atoms with E-state index in [1.807, 2.05) is 36.4 Å². The molecule has 4 aromatic rings. The van der Waals surface area contributed by atoms with Gasteiger partial charge in [0.2, 0.25) is 0 Å². The minimum absolute atomic E-state index is 0.397. The molecule has 3 N–H and O–H groups in total. The van der Waals surface area contributed by atoms with E-state index < -0.39 is 6.03 Å². The SMILES string of the molecule is COc1ccc(OC)c(NC(=O)Nc2c(-c3cccnc3)[nH]c3ccccc23)c1. The van der Waals surface area contributed by atoms with E-state index in [2.05, 4.69) is 20.6 Å². The van der Waals surface area contributed by atoms with E-state index >= 15 is 0 Å². The van der Waals surface area contributed by atoms with E-state index in [0.29, 0.717) is 22.9 Å². The Bertz CT molecular complexity index is 1160. The second kappa shape index (κ2) is 7.93. The van der Waals surface area contributed by atoms with Gasteiger partial charge in [-0.05, 0) is 30.3 Å². The number of nitrogens with zero attached hydrogens (tertiary/aromatic N) is 1. The number of carbonyl (C=O) groups excluding carboxylic acids is 1. The number of aromatic amines is 1. The fraction of sp³-hybridized carbons (Fsp3) is 0.0909. The van der Waals surface area contributed by atoms with Crippen molar-refractivity contribution in [2.24, 2.45) is 0 Å². The maximum absolute atomic E-state index is 12.8. The van der Waals surface area contributed by atoms with Gasteiger partial charge in [0.15, 0.2) is 0 Å². The molecule has 0 aliphatic carbocycles. The highest BCUT2D eigenvalue weighted by molar-refractivity contribution is 6.10. The maximum atomic E-state index is 12.8. The smallest absolute Gasteiger partial charge is 0.323 e. The fourth-order valence-electron chi connectivity index (χ4n) is 3.18. The van der Waals surface area contributed by atoms with Gasteiger partial charge in [0.1, 0.15) is 11.5 Å². The molecule has 0 saturated heterocycles. The van der Waals surface area contributed by atoms with Gasteiger partial charge < -0.3 is 25.1 Å². The largest absolute Gasteiger partial charge is 0.497 e. The van der Waals surface area contributed by atoms with Crippen LogP contribution in [0.5, 0.6) is 11.5 Å². The first kappa shape index (κ1) is 18.4. The molecule has 0 aliphatic heterocycles.